The molecular formula is C9H13N2O6S+. The van der Waals surface area contributed by atoms with Crippen molar-refractivity contribution in [1.82, 2.24) is 0 Å². The predicted molar refractivity (Wildman–Crippen MR) is 60.5 cm³/mol. The number of hydrogen-bond acceptors (Lipinski definition) is 5. The summed E-state index contributed by atoms with van der Waals surface area (Å²) in [6.07, 6.45) is 1.23. The van der Waals surface area contributed by atoms with Crippen molar-refractivity contribution >= 4 is 21.9 Å². The van der Waals surface area contributed by atoms with Crippen molar-refractivity contribution in [1.29, 1.82) is 0 Å². The lowest BCUT2D eigenvalue weighted by atomic mass is 10.3. The molecule has 0 aliphatic heterocycles. The van der Waals surface area contributed by atoms with Gasteiger partial charge in [0.1, 0.15) is 12.2 Å². The third kappa shape index (κ3) is 4.55. The summed E-state index contributed by atoms with van der Waals surface area (Å²) in [7, 11) is -4.02. The fraction of sp³-hybridized carbons (Fsp3) is 0.333. The zero-order chi connectivity index (χ0) is 13.8. The maximum absolute atomic E-state index is 10.7. The first-order chi connectivity index (χ1) is 8.29. The summed E-state index contributed by atoms with van der Waals surface area (Å²) in [5.74, 6) is -1.40. The first-order valence-corrected chi connectivity index (χ1v) is 6.53. The summed E-state index contributed by atoms with van der Waals surface area (Å²) in [5.41, 5.74) is 5.52. The highest BCUT2D eigenvalue weighted by Gasteiger charge is 2.12. The average molecular weight is 277 g/mol. The first-order valence-electron chi connectivity index (χ1n) is 4.92. The second-order valence-electron chi connectivity index (χ2n) is 3.45. The maximum Gasteiger partial charge on any atom is 0.339 e. The molecule has 0 aliphatic rings. The van der Waals surface area contributed by atoms with Gasteiger partial charge >= 0.3 is 11.8 Å². The molecule has 1 aromatic heterocycles. The van der Waals surface area contributed by atoms with Crippen LogP contribution >= 0.6 is 0 Å². The minimum Gasteiger partial charge on any atom is -0.478 e. The second-order valence-corrected chi connectivity index (χ2v) is 5.02. The Morgan fingerprint density at radius 1 is 1.44 bits per heavy atom. The van der Waals surface area contributed by atoms with Crippen LogP contribution in [0.3, 0.4) is 0 Å². The summed E-state index contributed by atoms with van der Waals surface area (Å²) in [6, 6.07) is 2.67. The van der Waals surface area contributed by atoms with Crippen LogP contribution in [-0.4, -0.2) is 36.4 Å². The van der Waals surface area contributed by atoms with E-state index >= 15 is 0 Å². The normalized spacial score (nSPS) is 11.2. The van der Waals surface area contributed by atoms with Gasteiger partial charge in [-0.25, -0.2) is 4.79 Å². The Hall–Kier alpha value is -1.87. The second kappa shape index (κ2) is 5.65. The number of carbonyl (C=O) groups is 1. The van der Waals surface area contributed by atoms with E-state index in [0.717, 1.165) is 4.73 Å². The summed E-state index contributed by atoms with van der Waals surface area (Å²) < 4.78 is 30.4. The van der Waals surface area contributed by atoms with Crippen LogP contribution in [0.15, 0.2) is 18.3 Å². The van der Waals surface area contributed by atoms with Gasteiger partial charge in [-0.15, -0.1) is 0 Å². The van der Waals surface area contributed by atoms with Crippen LogP contribution in [0.1, 0.15) is 16.8 Å². The van der Waals surface area contributed by atoms with Crippen molar-refractivity contribution < 1.29 is 32.4 Å². The zero-order valence-electron chi connectivity index (χ0n) is 9.31. The average Bonchev–Trinajstić information content (AvgIpc) is 2.24. The smallest absolute Gasteiger partial charge is 0.339 e. The minimum absolute atomic E-state index is 0.0148. The van der Waals surface area contributed by atoms with Gasteiger partial charge in [-0.1, -0.05) is 0 Å². The van der Waals surface area contributed by atoms with Gasteiger partial charge in [-0.05, 0) is 10.8 Å². The number of anilines is 1. The van der Waals surface area contributed by atoms with Crippen LogP contribution in [0.2, 0.25) is 0 Å². The summed E-state index contributed by atoms with van der Waals surface area (Å²) in [5, 5.41) is 8.76. The molecule has 0 radical (unpaired) electrons. The van der Waals surface area contributed by atoms with Crippen LogP contribution < -0.4 is 15.3 Å². The van der Waals surface area contributed by atoms with Crippen molar-refractivity contribution in [3.63, 3.8) is 0 Å². The van der Waals surface area contributed by atoms with Gasteiger partial charge in [0.05, 0.1) is 5.75 Å². The molecule has 100 valence electrons. The van der Waals surface area contributed by atoms with Gasteiger partial charge in [-0.2, -0.15) is 8.42 Å². The molecule has 0 aromatic carbocycles. The molecule has 0 spiro atoms. The van der Waals surface area contributed by atoms with Gasteiger partial charge in [0.25, 0.3) is 10.1 Å². The molecule has 0 saturated heterocycles. The molecule has 1 rings (SSSR count). The molecule has 1 heterocycles. The highest BCUT2D eigenvalue weighted by Crippen LogP contribution is 1.99. The molecule has 0 saturated carbocycles. The molecule has 0 atom stereocenters. The number of nitrogens with zero attached hydrogens (tertiary/aromatic N) is 1. The molecule has 8 nitrogen and oxygen atoms in total. The van der Waals surface area contributed by atoms with Crippen molar-refractivity contribution in [3.05, 3.63) is 23.9 Å². The molecule has 1 aromatic rings. The van der Waals surface area contributed by atoms with Gasteiger partial charge in [0, 0.05) is 12.5 Å². The fourth-order valence-corrected chi connectivity index (χ4v) is 1.62. The number of aromatic nitrogens is 1. The van der Waals surface area contributed by atoms with Crippen molar-refractivity contribution in [2.24, 2.45) is 0 Å². The lowest BCUT2D eigenvalue weighted by Gasteiger charge is -2.04. The Morgan fingerprint density at radius 3 is 2.67 bits per heavy atom. The Kier molecular flexibility index (Phi) is 4.45. The molecular weight excluding hydrogens is 264 g/mol. The van der Waals surface area contributed by atoms with Crippen LogP contribution in [0.5, 0.6) is 0 Å². The largest absolute Gasteiger partial charge is 0.478 e. The highest BCUT2D eigenvalue weighted by atomic mass is 32.2. The molecule has 0 unspecified atom stereocenters. The SMILES string of the molecule is Nc1ccc(C(=O)O)c[n+]1OCCCS(=O)(=O)O. The van der Waals surface area contributed by atoms with E-state index in [9.17, 15) is 13.2 Å². The van der Waals surface area contributed by atoms with E-state index in [1.54, 1.807) is 0 Å². The van der Waals surface area contributed by atoms with E-state index in [1.807, 2.05) is 0 Å². The predicted octanol–water partition coefficient (Wildman–Crippen LogP) is -1.04. The molecule has 9 heteroatoms. The van der Waals surface area contributed by atoms with Crippen LogP contribution in [0.4, 0.5) is 5.82 Å². The lowest BCUT2D eigenvalue weighted by molar-refractivity contribution is -0.880. The Bertz CT molecular complexity index is 542. The van der Waals surface area contributed by atoms with Crippen LogP contribution in [-0.2, 0) is 10.1 Å². The summed E-state index contributed by atoms with van der Waals surface area (Å²) in [6.45, 7) is -0.0300. The van der Waals surface area contributed by atoms with E-state index in [4.69, 9.17) is 20.2 Å². The van der Waals surface area contributed by atoms with Crippen molar-refractivity contribution in [2.45, 2.75) is 6.42 Å². The third-order valence-corrected chi connectivity index (χ3v) is 2.77. The number of rotatable bonds is 6. The van der Waals surface area contributed by atoms with Gasteiger partial charge in [0.2, 0.25) is 0 Å². The topological polar surface area (TPSA) is 131 Å². The van der Waals surface area contributed by atoms with Gasteiger partial charge in [0.15, 0.2) is 6.20 Å². The lowest BCUT2D eigenvalue weighted by Crippen LogP contribution is -2.46. The number of nitrogens with two attached hydrogens (primary N) is 1. The highest BCUT2D eigenvalue weighted by molar-refractivity contribution is 7.85. The van der Waals surface area contributed by atoms with E-state index in [0.29, 0.717) is 0 Å². The molecule has 4 N–H and O–H groups in total. The molecule has 0 fully saturated rings. The number of nitrogen functional groups attached to an aromatic ring is 1. The Balaban J connectivity index is 2.61. The minimum atomic E-state index is -4.02. The molecule has 0 amide bonds. The first kappa shape index (κ1) is 14.2. The third-order valence-electron chi connectivity index (χ3n) is 1.97. The fourth-order valence-electron chi connectivity index (χ4n) is 1.14. The number of carboxylic acid groups (broad SMARTS) is 1. The van der Waals surface area contributed by atoms with E-state index in [2.05, 4.69) is 0 Å². The Labute approximate surface area is 103 Å². The molecule has 0 aliphatic carbocycles. The summed E-state index contributed by atoms with van der Waals surface area (Å²) >= 11 is 0. The van der Waals surface area contributed by atoms with E-state index in [-0.39, 0.29) is 24.4 Å². The quantitative estimate of drug-likeness (QED) is 0.344. The number of hydrogen-bond donors (Lipinski definition) is 3. The van der Waals surface area contributed by atoms with Crippen LogP contribution in [0, 0.1) is 0 Å². The molecule has 18 heavy (non-hydrogen) atoms. The number of pyridine rings is 1. The van der Waals surface area contributed by atoms with E-state index in [1.165, 1.54) is 18.3 Å². The zero-order valence-corrected chi connectivity index (χ0v) is 10.1. The molecule has 0 bridgehead atoms. The van der Waals surface area contributed by atoms with Gasteiger partial charge < -0.3 is 9.94 Å². The standard InChI is InChI=1S/C9H12N2O6S/c10-8-3-2-7(9(12)13)6-11(8)17-4-1-5-18(14,15)16/h2-3,6,10H,1,4-5H2,(H2,12,13,14,15,16)/p+1. The Morgan fingerprint density at radius 2 is 2.11 bits per heavy atom. The maximum atomic E-state index is 10.7. The monoisotopic (exact) mass is 277 g/mol. The number of aromatic carboxylic acids is 1. The van der Waals surface area contributed by atoms with Crippen molar-refractivity contribution in [3.8, 4) is 0 Å². The van der Waals surface area contributed by atoms with Crippen LogP contribution in [0.25, 0.3) is 0 Å². The van der Waals surface area contributed by atoms with Gasteiger partial charge in [-0.3, -0.25) is 10.3 Å². The van der Waals surface area contributed by atoms with Crippen molar-refractivity contribution in [2.75, 3.05) is 18.1 Å². The summed E-state index contributed by atoms with van der Waals surface area (Å²) in [4.78, 5) is 15.8. The number of carboxylic acids is 1. The van der Waals surface area contributed by atoms with E-state index < -0.39 is 21.8 Å².